The zero-order valence-corrected chi connectivity index (χ0v) is 13.9. The quantitative estimate of drug-likeness (QED) is 0.845. The Morgan fingerprint density at radius 2 is 2.17 bits per heavy atom. The molecular formula is C17H22N4O2. The van der Waals surface area contributed by atoms with E-state index in [9.17, 15) is 4.79 Å². The van der Waals surface area contributed by atoms with Crippen LogP contribution in [0.3, 0.4) is 0 Å². The number of aryl methyl sites for hydroxylation is 2. The van der Waals surface area contributed by atoms with Gasteiger partial charge in [-0.25, -0.2) is 0 Å². The summed E-state index contributed by atoms with van der Waals surface area (Å²) in [6.45, 7) is 5.46. The molecule has 1 amide bonds. The van der Waals surface area contributed by atoms with Crippen molar-refractivity contribution in [1.29, 1.82) is 0 Å². The summed E-state index contributed by atoms with van der Waals surface area (Å²) in [4.78, 5) is 13.9. The lowest BCUT2D eigenvalue weighted by molar-refractivity contribution is -0.132. The lowest BCUT2D eigenvalue weighted by atomic mass is 10.1. The molecule has 3 rings (SSSR count). The van der Waals surface area contributed by atoms with Crippen molar-refractivity contribution in [2.45, 2.75) is 39.8 Å². The highest BCUT2D eigenvalue weighted by Gasteiger charge is 2.20. The first kappa shape index (κ1) is 15.5. The van der Waals surface area contributed by atoms with Gasteiger partial charge in [0.2, 0.25) is 0 Å². The van der Waals surface area contributed by atoms with Crippen LogP contribution in [0.25, 0.3) is 0 Å². The maximum Gasteiger partial charge on any atom is 0.260 e. The van der Waals surface area contributed by atoms with E-state index < -0.39 is 0 Å². The van der Waals surface area contributed by atoms with Gasteiger partial charge in [-0.2, -0.15) is 0 Å². The fraction of sp³-hybridized carbons (Fsp3) is 0.471. The largest absolute Gasteiger partial charge is 0.483 e. The molecule has 0 spiro atoms. The highest BCUT2D eigenvalue weighted by molar-refractivity contribution is 5.77. The number of carbonyl (C=O) groups is 1. The van der Waals surface area contributed by atoms with Crippen LogP contribution in [-0.4, -0.2) is 39.2 Å². The van der Waals surface area contributed by atoms with Crippen LogP contribution < -0.4 is 4.74 Å². The molecule has 1 aromatic heterocycles. The molecule has 0 saturated carbocycles. The summed E-state index contributed by atoms with van der Waals surface area (Å²) in [6.07, 6.45) is 2.08. The molecule has 6 nitrogen and oxygen atoms in total. The van der Waals surface area contributed by atoms with Gasteiger partial charge in [0.05, 0.1) is 6.54 Å². The molecule has 0 atom stereocenters. The second-order valence-corrected chi connectivity index (χ2v) is 6.02. The van der Waals surface area contributed by atoms with Crippen LogP contribution >= 0.6 is 0 Å². The van der Waals surface area contributed by atoms with E-state index in [4.69, 9.17) is 4.74 Å². The third kappa shape index (κ3) is 3.21. The number of nitrogens with zero attached hydrogens (tertiary/aromatic N) is 4. The van der Waals surface area contributed by atoms with Crippen LogP contribution in [0.5, 0.6) is 5.75 Å². The predicted octanol–water partition coefficient (Wildman–Crippen LogP) is 1.88. The van der Waals surface area contributed by atoms with Crippen molar-refractivity contribution in [2.24, 2.45) is 0 Å². The molecule has 0 fully saturated rings. The number of amides is 1. The molecule has 0 unspecified atom stereocenters. The Kier molecular flexibility index (Phi) is 4.32. The van der Waals surface area contributed by atoms with Crippen LogP contribution in [0, 0.1) is 13.8 Å². The van der Waals surface area contributed by atoms with E-state index in [0.717, 1.165) is 47.9 Å². The van der Waals surface area contributed by atoms with E-state index in [1.165, 1.54) is 0 Å². The van der Waals surface area contributed by atoms with E-state index in [2.05, 4.69) is 14.8 Å². The minimum Gasteiger partial charge on any atom is -0.483 e. The van der Waals surface area contributed by atoms with Crippen molar-refractivity contribution in [3.8, 4) is 5.75 Å². The second kappa shape index (κ2) is 6.40. The van der Waals surface area contributed by atoms with Crippen molar-refractivity contribution < 1.29 is 9.53 Å². The molecule has 1 aromatic carbocycles. The average molecular weight is 314 g/mol. The Bertz CT molecular complexity index is 723. The topological polar surface area (TPSA) is 60.2 Å². The number of carbonyl (C=O) groups excluding carboxylic acids is 1. The number of aromatic nitrogens is 3. The SMILES string of the molecule is Cc1cccc(OCC(=O)N(C)Cc2nnc3n2CCC3)c1C. The van der Waals surface area contributed by atoms with Gasteiger partial charge < -0.3 is 14.2 Å². The summed E-state index contributed by atoms with van der Waals surface area (Å²) >= 11 is 0. The maximum atomic E-state index is 12.3. The van der Waals surface area contributed by atoms with Crippen LogP contribution in [0.2, 0.25) is 0 Å². The number of rotatable bonds is 5. The molecule has 0 N–H and O–H groups in total. The zero-order chi connectivity index (χ0) is 16.4. The average Bonchev–Trinajstić information content (AvgIpc) is 3.13. The zero-order valence-electron chi connectivity index (χ0n) is 13.9. The van der Waals surface area contributed by atoms with Crippen LogP contribution in [-0.2, 0) is 24.3 Å². The Balaban J connectivity index is 1.58. The molecule has 1 aliphatic heterocycles. The van der Waals surface area contributed by atoms with Crippen molar-refractivity contribution in [2.75, 3.05) is 13.7 Å². The number of benzene rings is 1. The number of hydrogen-bond donors (Lipinski definition) is 0. The Morgan fingerprint density at radius 3 is 3.00 bits per heavy atom. The summed E-state index contributed by atoms with van der Waals surface area (Å²) in [5.74, 6) is 2.56. The summed E-state index contributed by atoms with van der Waals surface area (Å²) < 4.78 is 7.78. The lowest BCUT2D eigenvalue weighted by Gasteiger charge is -2.18. The minimum absolute atomic E-state index is 0.0296. The van der Waals surface area contributed by atoms with Crippen LogP contribution in [0.15, 0.2) is 18.2 Å². The summed E-state index contributed by atoms with van der Waals surface area (Å²) in [5.41, 5.74) is 2.22. The maximum absolute atomic E-state index is 12.3. The fourth-order valence-corrected chi connectivity index (χ4v) is 2.76. The first-order chi connectivity index (χ1) is 11.1. The van der Waals surface area contributed by atoms with Crippen LogP contribution in [0.1, 0.15) is 29.2 Å². The van der Waals surface area contributed by atoms with Gasteiger partial charge >= 0.3 is 0 Å². The molecule has 6 heteroatoms. The van der Waals surface area contributed by atoms with Gasteiger partial charge in [-0.05, 0) is 37.5 Å². The monoisotopic (exact) mass is 314 g/mol. The molecule has 2 heterocycles. The van der Waals surface area contributed by atoms with Crippen molar-refractivity contribution in [3.05, 3.63) is 41.0 Å². The molecule has 0 aliphatic carbocycles. The lowest BCUT2D eigenvalue weighted by Crippen LogP contribution is -2.32. The third-order valence-corrected chi connectivity index (χ3v) is 4.40. The second-order valence-electron chi connectivity index (χ2n) is 6.02. The summed E-state index contributed by atoms with van der Waals surface area (Å²) in [5, 5.41) is 8.35. The van der Waals surface area contributed by atoms with E-state index in [1.54, 1.807) is 11.9 Å². The standard InChI is InChI=1S/C17H22N4O2/c1-12-6-4-7-14(13(12)2)23-11-17(22)20(3)10-16-19-18-15-8-5-9-21(15)16/h4,6-7H,5,8-11H2,1-3H3. The van der Waals surface area contributed by atoms with Crippen molar-refractivity contribution in [1.82, 2.24) is 19.7 Å². The first-order valence-electron chi connectivity index (χ1n) is 7.90. The number of ether oxygens (including phenoxy) is 1. The van der Waals surface area contributed by atoms with E-state index in [0.29, 0.717) is 6.54 Å². The van der Waals surface area contributed by atoms with Crippen molar-refractivity contribution in [3.63, 3.8) is 0 Å². The van der Waals surface area contributed by atoms with Gasteiger partial charge in [0.25, 0.3) is 5.91 Å². The molecule has 0 bridgehead atoms. The Labute approximate surface area is 136 Å². The van der Waals surface area contributed by atoms with E-state index in [1.807, 2.05) is 32.0 Å². The van der Waals surface area contributed by atoms with Gasteiger partial charge in [0, 0.05) is 20.0 Å². The summed E-state index contributed by atoms with van der Waals surface area (Å²) in [7, 11) is 1.77. The normalized spacial score (nSPS) is 13.0. The van der Waals surface area contributed by atoms with E-state index in [-0.39, 0.29) is 12.5 Å². The molecular weight excluding hydrogens is 292 g/mol. The summed E-state index contributed by atoms with van der Waals surface area (Å²) in [6, 6.07) is 5.86. The molecule has 1 aliphatic rings. The van der Waals surface area contributed by atoms with Gasteiger partial charge in [-0.1, -0.05) is 12.1 Å². The highest BCUT2D eigenvalue weighted by atomic mass is 16.5. The third-order valence-electron chi connectivity index (χ3n) is 4.40. The first-order valence-corrected chi connectivity index (χ1v) is 7.90. The molecule has 0 saturated heterocycles. The van der Waals surface area contributed by atoms with Gasteiger partial charge in [0.15, 0.2) is 12.4 Å². The van der Waals surface area contributed by atoms with E-state index >= 15 is 0 Å². The van der Waals surface area contributed by atoms with Gasteiger partial charge in [-0.15, -0.1) is 10.2 Å². The Morgan fingerprint density at radius 1 is 1.35 bits per heavy atom. The fourth-order valence-electron chi connectivity index (χ4n) is 2.76. The Hall–Kier alpha value is -2.37. The molecule has 23 heavy (non-hydrogen) atoms. The predicted molar refractivity (Wildman–Crippen MR) is 86.2 cm³/mol. The molecule has 2 aromatic rings. The smallest absolute Gasteiger partial charge is 0.260 e. The van der Waals surface area contributed by atoms with Crippen molar-refractivity contribution >= 4 is 5.91 Å². The minimum atomic E-state index is -0.0683. The molecule has 122 valence electrons. The van der Waals surface area contributed by atoms with Crippen LogP contribution in [0.4, 0.5) is 0 Å². The van der Waals surface area contributed by atoms with Gasteiger partial charge in [-0.3, -0.25) is 4.79 Å². The number of fused-ring (bicyclic) bond motifs is 1. The van der Waals surface area contributed by atoms with Gasteiger partial charge in [0.1, 0.15) is 11.6 Å². The highest BCUT2D eigenvalue weighted by Crippen LogP contribution is 2.20. The molecule has 0 radical (unpaired) electrons. The number of likely N-dealkylation sites (N-methyl/N-ethyl adjacent to an activating group) is 1. The number of hydrogen-bond acceptors (Lipinski definition) is 4.